The molecule has 0 saturated carbocycles. The molecule has 3 atom stereocenters. The van der Waals surface area contributed by atoms with Gasteiger partial charge in [-0.05, 0) is 6.42 Å². The lowest BCUT2D eigenvalue weighted by atomic mass is 10.0. The van der Waals surface area contributed by atoms with Gasteiger partial charge in [-0.3, -0.25) is 13.8 Å². The summed E-state index contributed by atoms with van der Waals surface area (Å²) in [5.74, 6) is -1.36. The standard InChI is InChI=1S/C24H50NO8P/c1-2-3-4-5-6-7-8-9-10-11-12-13-14-15-16-17-18-31-19-22(26)20-32-34(29,30)33-21-23(25)24(27)28/h22-23,26H,2-21,25H2,1H3,(H,27,28)(H,29,30)/t22-,23+/m1/s1. The fourth-order valence-corrected chi connectivity index (χ4v) is 4.27. The Morgan fingerprint density at radius 2 is 1.18 bits per heavy atom. The van der Waals surface area contributed by atoms with Gasteiger partial charge in [-0.1, -0.05) is 103 Å². The van der Waals surface area contributed by atoms with Crippen molar-refractivity contribution in [1.82, 2.24) is 0 Å². The van der Waals surface area contributed by atoms with E-state index in [1.807, 2.05) is 0 Å². The van der Waals surface area contributed by atoms with Crippen LogP contribution in [0.3, 0.4) is 0 Å². The van der Waals surface area contributed by atoms with Crippen molar-refractivity contribution in [3.8, 4) is 0 Å². The van der Waals surface area contributed by atoms with Gasteiger partial charge in [-0.2, -0.15) is 0 Å². The molecule has 0 aliphatic rings. The summed E-state index contributed by atoms with van der Waals surface area (Å²) in [6, 6.07) is -1.43. The minimum Gasteiger partial charge on any atom is -0.480 e. The van der Waals surface area contributed by atoms with Crippen LogP contribution < -0.4 is 5.73 Å². The molecule has 5 N–H and O–H groups in total. The van der Waals surface area contributed by atoms with Gasteiger partial charge >= 0.3 is 13.8 Å². The molecule has 0 aliphatic carbocycles. The molecule has 0 fully saturated rings. The Hall–Kier alpha value is -0.540. The van der Waals surface area contributed by atoms with E-state index in [0.29, 0.717) is 6.61 Å². The van der Waals surface area contributed by atoms with Crippen LogP contribution in [0.25, 0.3) is 0 Å². The zero-order valence-electron chi connectivity index (χ0n) is 21.2. The number of carboxylic acid groups (broad SMARTS) is 1. The number of ether oxygens (including phenoxy) is 1. The molecule has 0 aromatic rings. The molecule has 9 nitrogen and oxygen atoms in total. The first-order valence-corrected chi connectivity index (χ1v) is 14.6. The molecule has 0 heterocycles. The van der Waals surface area contributed by atoms with Crippen LogP contribution in [-0.2, 0) is 23.1 Å². The average Bonchev–Trinajstić information content (AvgIpc) is 2.80. The summed E-state index contributed by atoms with van der Waals surface area (Å²) >= 11 is 0. The molecule has 0 rings (SSSR count). The van der Waals surface area contributed by atoms with Gasteiger partial charge in [0.1, 0.15) is 12.1 Å². The molecule has 1 unspecified atom stereocenters. The summed E-state index contributed by atoms with van der Waals surface area (Å²) in [7, 11) is -4.48. The fraction of sp³-hybridized carbons (Fsp3) is 0.958. The molecular formula is C24H50NO8P. The zero-order valence-corrected chi connectivity index (χ0v) is 22.1. The molecule has 10 heteroatoms. The third kappa shape index (κ3) is 23.2. The number of aliphatic carboxylic acids is 1. The highest BCUT2D eigenvalue weighted by Gasteiger charge is 2.25. The molecule has 204 valence electrons. The Balaban J connectivity index is 3.39. The van der Waals surface area contributed by atoms with Crippen molar-refractivity contribution in [1.29, 1.82) is 0 Å². The number of unbranched alkanes of at least 4 members (excludes halogenated alkanes) is 15. The van der Waals surface area contributed by atoms with E-state index in [0.717, 1.165) is 12.8 Å². The molecule has 0 spiro atoms. The number of phosphoric acid groups is 1. The highest BCUT2D eigenvalue weighted by Crippen LogP contribution is 2.43. The molecule has 0 bridgehead atoms. The molecule has 0 aliphatic heterocycles. The number of nitrogens with two attached hydrogens (primary N) is 1. The first-order chi connectivity index (χ1) is 16.3. The number of aliphatic hydroxyl groups excluding tert-OH is 1. The normalized spacial score (nSPS) is 15.2. The summed E-state index contributed by atoms with van der Waals surface area (Å²) in [5.41, 5.74) is 5.18. The number of carboxylic acids is 1. The van der Waals surface area contributed by atoms with Crippen molar-refractivity contribution in [3.63, 3.8) is 0 Å². The fourth-order valence-electron chi connectivity index (χ4n) is 3.48. The SMILES string of the molecule is CCCCCCCCCCCCCCCCCCOC[C@@H](O)COP(=O)(O)OC[C@H](N)C(=O)O. The van der Waals surface area contributed by atoms with E-state index in [2.05, 4.69) is 16.0 Å². The van der Waals surface area contributed by atoms with Gasteiger partial charge in [-0.25, -0.2) is 4.57 Å². The maximum Gasteiger partial charge on any atom is 0.472 e. The van der Waals surface area contributed by atoms with Gasteiger partial charge in [0.25, 0.3) is 0 Å². The predicted octanol–water partition coefficient (Wildman–Crippen LogP) is 5.17. The van der Waals surface area contributed by atoms with Crippen LogP contribution in [0.4, 0.5) is 0 Å². The third-order valence-corrected chi connectivity index (χ3v) is 6.57. The molecule has 0 aromatic carbocycles. The Morgan fingerprint density at radius 1 is 0.765 bits per heavy atom. The summed E-state index contributed by atoms with van der Waals surface area (Å²) in [5, 5.41) is 18.4. The van der Waals surface area contributed by atoms with Crippen molar-refractivity contribution >= 4 is 13.8 Å². The number of carbonyl (C=O) groups is 1. The second-order valence-electron chi connectivity index (χ2n) is 9.04. The molecule has 0 aromatic heterocycles. The molecule has 0 saturated heterocycles. The second-order valence-corrected chi connectivity index (χ2v) is 10.5. The Kier molecular flexibility index (Phi) is 22.5. The van der Waals surface area contributed by atoms with Crippen LogP contribution >= 0.6 is 7.82 Å². The van der Waals surface area contributed by atoms with Crippen LogP contribution in [0.1, 0.15) is 110 Å². The lowest BCUT2D eigenvalue weighted by Gasteiger charge is -2.16. The first-order valence-electron chi connectivity index (χ1n) is 13.1. The summed E-state index contributed by atoms with van der Waals surface area (Å²) in [6.45, 7) is 1.61. The van der Waals surface area contributed by atoms with Gasteiger partial charge in [0.2, 0.25) is 0 Å². The highest BCUT2D eigenvalue weighted by atomic mass is 31.2. The van der Waals surface area contributed by atoms with Gasteiger partial charge in [0, 0.05) is 6.61 Å². The van der Waals surface area contributed by atoms with Crippen LogP contribution in [0, 0.1) is 0 Å². The molecule has 34 heavy (non-hydrogen) atoms. The van der Waals surface area contributed by atoms with E-state index in [9.17, 15) is 19.4 Å². The zero-order chi connectivity index (χ0) is 25.5. The minimum absolute atomic E-state index is 0.0205. The number of hydrogen-bond acceptors (Lipinski definition) is 7. The van der Waals surface area contributed by atoms with Crippen LogP contribution in [0.2, 0.25) is 0 Å². The monoisotopic (exact) mass is 511 g/mol. The molecule has 0 amide bonds. The topological polar surface area (TPSA) is 149 Å². The summed E-state index contributed by atoms with van der Waals surface area (Å²) < 4.78 is 26.1. The van der Waals surface area contributed by atoms with E-state index in [4.69, 9.17) is 15.6 Å². The van der Waals surface area contributed by atoms with Gasteiger partial charge in [-0.15, -0.1) is 0 Å². The van der Waals surface area contributed by atoms with Gasteiger partial charge < -0.3 is 25.6 Å². The lowest BCUT2D eigenvalue weighted by molar-refractivity contribution is -0.139. The van der Waals surface area contributed by atoms with Crippen LogP contribution in [0.5, 0.6) is 0 Å². The molecule has 0 radical (unpaired) electrons. The third-order valence-electron chi connectivity index (χ3n) is 5.62. The van der Waals surface area contributed by atoms with Crippen molar-refractivity contribution < 1.29 is 38.3 Å². The number of rotatable bonds is 26. The molecular weight excluding hydrogens is 461 g/mol. The van der Waals surface area contributed by atoms with Crippen molar-refractivity contribution in [2.24, 2.45) is 5.73 Å². The van der Waals surface area contributed by atoms with E-state index >= 15 is 0 Å². The highest BCUT2D eigenvalue weighted by molar-refractivity contribution is 7.47. The number of hydrogen-bond donors (Lipinski definition) is 4. The summed E-state index contributed by atoms with van der Waals surface area (Å²) in [6.07, 6.45) is 19.7. The van der Waals surface area contributed by atoms with Crippen molar-refractivity contribution in [2.45, 2.75) is 122 Å². The predicted molar refractivity (Wildman–Crippen MR) is 134 cm³/mol. The van der Waals surface area contributed by atoms with Crippen LogP contribution in [-0.4, -0.2) is 59.6 Å². The van der Waals surface area contributed by atoms with E-state index in [1.165, 1.54) is 89.9 Å². The quantitative estimate of drug-likeness (QED) is 0.0911. The maximum absolute atomic E-state index is 11.6. The van der Waals surface area contributed by atoms with Crippen molar-refractivity contribution in [2.75, 3.05) is 26.4 Å². The van der Waals surface area contributed by atoms with E-state index in [1.54, 1.807) is 0 Å². The summed E-state index contributed by atoms with van der Waals surface area (Å²) in [4.78, 5) is 20.0. The number of aliphatic hydroxyl groups is 1. The Labute approximate surface area is 206 Å². The van der Waals surface area contributed by atoms with Gasteiger partial charge in [0.05, 0.1) is 19.8 Å². The second kappa shape index (κ2) is 22.9. The largest absolute Gasteiger partial charge is 0.480 e. The van der Waals surface area contributed by atoms with Crippen molar-refractivity contribution in [3.05, 3.63) is 0 Å². The maximum atomic E-state index is 11.6. The first kappa shape index (κ1) is 33.5. The average molecular weight is 512 g/mol. The lowest BCUT2D eigenvalue weighted by Crippen LogP contribution is -2.34. The van der Waals surface area contributed by atoms with Crippen LogP contribution in [0.15, 0.2) is 0 Å². The van der Waals surface area contributed by atoms with E-state index in [-0.39, 0.29) is 6.61 Å². The minimum atomic E-state index is -4.48. The Bertz CT molecular complexity index is 523. The van der Waals surface area contributed by atoms with Gasteiger partial charge in [0.15, 0.2) is 0 Å². The Morgan fingerprint density at radius 3 is 1.62 bits per heavy atom. The smallest absolute Gasteiger partial charge is 0.472 e. The van der Waals surface area contributed by atoms with E-state index < -0.39 is 39.2 Å². The number of phosphoric ester groups is 1.